The first-order valence-corrected chi connectivity index (χ1v) is 13.1. The average Bonchev–Trinajstić information content (AvgIpc) is 3.56. The van der Waals surface area contributed by atoms with Gasteiger partial charge in [-0.15, -0.1) is 0 Å². The standard InChI is InChI=1S/C23H29F2N5O2.C2H4F2.C2H6.2H2/c1-13-9-15(20(25)28-23-16(14(2)31)10-17(24)19(23)27-23)21-26-18(29-7-5-4-6-8-29)11-22(3,32)30(21)12-13;3-1-2-4;1-2;;/h9-12,20-21,26-28,32H,4-8H2,1-3H3;1-2H2;1-2H3;2*1H. The Kier molecular flexibility index (Phi) is 9.35. The SMILES string of the molecule is CC.CC(=O)C1=CC(F)=C2NC12NC(F)C1=CC(C)=CN2C1NC(N1CCCCC1)=CC2(C)O.FCCF.[HH].[HH]. The number of alkyl halides is 3. The number of likely N-dealkylation sites (tertiary alicyclic amines) is 1. The minimum atomic E-state index is -1.70. The Morgan fingerprint density at radius 3 is 2.42 bits per heavy atom. The van der Waals surface area contributed by atoms with E-state index in [0.717, 1.165) is 43.4 Å². The van der Waals surface area contributed by atoms with Crippen LogP contribution in [0.25, 0.3) is 0 Å². The van der Waals surface area contributed by atoms with Crippen molar-refractivity contribution in [3.63, 3.8) is 0 Å². The molecule has 0 radical (unpaired) electrons. The third kappa shape index (κ3) is 5.78. The van der Waals surface area contributed by atoms with Crippen molar-refractivity contribution in [1.82, 2.24) is 25.8 Å². The number of piperidine rings is 1. The molecule has 0 aromatic heterocycles. The number of ketones is 1. The molecule has 2 fully saturated rings. The molecule has 0 bridgehead atoms. The first-order chi connectivity index (χ1) is 18.0. The van der Waals surface area contributed by atoms with Crippen LogP contribution in [0, 0.1) is 0 Å². The van der Waals surface area contributed by atoms with Gasteiger partial charge >= 0.3 is 0 Å². The Morgan fingerprint density at radius 1 is 1.24 bits per heavy atom. The van der Waals surface area contributed by atoms with Gasteiger partial charge in [0, 0.05) is 39.4 Å². The van der Waals surface area contributed by atoms with Gasteiger partial charge in [-0.3, -0.25) is 10.1 Å². The lowest BCUT2D eigenvalue weighted by Crippen LogP contribution is -2.63. The van der Waals surface area contributed by atoms with Crippen molar-refractivity contribution < 1.29 is 30.3 Å². The Morgan fingerprint density at radius 2 is 1.87 bits per heavy atom. The molecule has 1 aliphatic carbocycles. The quantitative estimate of drug-likeness (QED) is 0.223. The van der Waals surface area contributed by atoms with Crippen LogP contribution in [0.5, 0.6) is 0 Å². The molecular formula is C27H43F4N5O2. The van der Waals surface area contributed by atoms with E-state index in [-0.39, 0.29) is 19.9 Å². The number of rotatable bonds is 6. The van der Waals surface area contributed by atoms with Crippen LogP contribution in [0.3, 0.4) is 0 Å². The van der Waals surface area contributed by atoms with Crippen molar-refractivity contribution in [2.45, 2.75) is 77.7 Å². The number of fused-ring (bicyclic) bond motifs is 2. The summed E-state index contributed by atoms with van der Waals surface area (Å²) in [6.45, 7) is 8.91. The second-order valence-corrected chi connectivity index (χ2v) is 9.74. The van der Waals surface area contributed by atoms with E-state index >= 15 is 4.39 Å². The number of carbonyl (C=O) groups is 1. The van der Waals surface area contributed by atoms with Crippen LogP contribution < -0.4 is 16.0 Å². The van der Waals surface area contributed by atoms with Crippen LogP contribution in [0.2, 0.25) is 0 Å². The number of Topliss-reactive ketones (excluding diaryl/α,β-unsaturated/α-hetero) is 1. The number of nitrogens with zero attached hydrogens (tertiary/aromatic N) is 2. The number of nitrogens with one attached hydrogen (secondary N) is 3. The molecule has 216 valence electrons. The summed E-state index contributed by atoms with van der Waals surface area (Å²) in [6, 6.07) is 0. The van der Waals surface area contributed by atoms with E-state index < -0.39 is 43.0 Å². The van der Waals surface area contributed by atoms with Crippen molar-refractivity contribution in [2.24, 2.45) is 0 Å². The maximum atomic E-state index is 15.8. The second kappa shape index (κ2) is 11.9. The number of hydrogen-bond acceptors (Lipinski definition) is 7. The number of hydrogen-bond donors (Lipinski definition) is 4. The summed E-state index contributed by atoms with van der Waals surface area (Å²) in [5.74, 6) is -0.106. The molecule has 11 heteroatoms. The van der Waals surface area contributed by atoms with Gasteiger partial charge in [0.25, 0.3) is 0 Å². The van der Waals surface area contributed by atoms with Crippen LogP contribution in [0.15, 0.2) is 58.5 Å². The number of allylic oxidation sites excluding steroid dienone is 4. The summed E-state index contributed by atoms with van der Waals surface area (Å²) >= 11 is 0. The zero-order valence-electron chi connectivity index (χ0n) is 22.7. The van der Waals surface area contributed by atoms with Crippen molar-refractivity contribution in [1.29, 1.82) is 0 Å². The smallest absolute Gasteiger partial charge is 0.179 e. The van der Waals surface area contributed by atoms with E-state index in [4.69, 9.17) is 0 Å². The van der Waals surface area contributed by atoms with Crippen molar-refractivity contribution in [3.8, 4) is 0 Å². The van der Waals surface area contributed by atoms with Crippen LogP contribution in [0.4, 0.5) is 17.6 Å². The molecule has 4 atom stereocenters. The summed E-state index contributed by atoms with van der Waals surface area (Å²) in [5, 5.41) is 20.2. The molecular weight excluding hydrogens is 502 g/mol. The van der Waals surface area contributed by atoms with E-state index in [0.29, 0.717) is 5.57 Å². The summed E-state index contributed by atoms with van der Waals surface area (Å²) in [7, 11) is 0. The summed E-state index contributed by atoms with van der Waals surface area (Å²) in [5.41, 5.74) is -1.17. The fourth-order valence-electron chi connectivity index (χ4n) is 5.15. The van der Waals surface area contributed by atoms with Gasteiger partial charge in [-0.05, 0) is 51.7 Å². The molecule has 0 amide bonds. The largest absolute Gasteiger partial charge is 0.367 e. The van der Waals surface area contributed by atoms with E-state index in [2.05, 4.69) is 20.9 Å². The van der Waals surface area contributed by atoms with Crippen LogP contribution >= 0.6 is 0 Å². The van der Waals surface area contributed by atoms with Gasteiger partial charge in [-0.25, -0.2) is 17.6 Å². The van der Waals surface area contributed by atoms with Gasteiger partial charge in [-0.1, -0.05) is 19.9 Å². The molecule has 0 aromatic carbocycles. The maximum absolute atomic E-state index is 15.8. The zero-order valence-corrected chi connectivity index (χ0v) is 22.7. The van der Waals surface area contributed by atoms with Crippen LogP contribution in [0.1, 0.15) is 56.7 Å². The number of aliphatic hydroxyl groups is 1. The molecule has 4 N–H and O–H groups in total. The highest BCUT2D eigenvalue weighted by atomic mass is 19.2. The predicted molar refractivity (Wildman–Crippen MR) is 143 cm³/mol. The highest BCUT2D eigenvalue weighted by Crippen LogP contribution is 2.46. The third-order valence-corrected chi connectivity index (χ3v) is 6.87. The lowest BCUT2D eigenvalue weighted by Gasteiger charge is -2.50. The second-order valence-electron chi connectivity index (χ2n) is 9.74. The summed E-state index contributed by atoms with van der Waals surface area (Å²) in [6.07, 6.45) is 7.42. The fourth-order valence-corrected chi connectivity index (χ4v) is 5.15. The van der Waals surface area contributed by atoms with Gasteiger partial charge in [0.05, 0.1) is 5.70 Å². The number of carbonyl (C=O) groups excluding carboxylic acids is 1. The third-order valence-electron chi connectivity index (χ3n) is 6.87. The number of halogens is 4. The lowest BCUT2D eigenvalue weighted by molar-refractivity contribution is -0.114. The molecule has 5 rings (SSSR count). The topological polar surface area (TPSA) is 89.8 Å². The Bertz CT molecular complexity index is 1070. The van der Waals surface area contributed by atoms with Crippen molar-refractivity contribution in [3.05, 3.63) is 58.5 Å². The van der Waals surface area contributed by atoms with E-state index in [1.54, 1.807) is 30.2 Å². The van der Waals surface area contributed by atoms with E-state index in [1.807, 2.05) is 20.8 Å². The fraction of sp³-hybridized carbons (Fsp3) is 0.593. The molecule has 0 aromatic rings. The molecule has 4 unspecified atom stereocenters. The van der Waals surface area contributed by atoms with Crippen molar-refractivity contribution in [2.75, 3.05) is 26.4 Å². The molecule has 4 aliphatic heterocycles. The first-order valence-electron chi connectivity index (χ1n) is 13.1. The van der Waals surface area contributed by atoms with Gasteiger partial charge in [0.2, 0.25) is 0 Å². The molecule has 5 aliphatic rings. The first kappa shape index (κ1) is 29.8. The van der Waals surface area contributed by atoms with Gasteiger partial charge in [-0.2, -0.15) is 0 Å². The lowest BCUT2D eigenvalue weighted by atomic mass is 9.97. The molecule has 4 heterocycles. The molecule has 7 nitrogen and oxygen atoms in total. The minimum Gasteiger partial charge on any atom is -0.367 e. The van der Waals surface area contributed by atoms with Crippen LogP contribution in [-0.2, 0) is 4.79 Å². The van der Waals surface area contributed by atoms with Crippen molar-refractivity contribution >= 4 is 5.78 Å². The summed E-state index contributed by atoms with van der Waals surface area (Å²) in [4.78, 5) is 15.9. The minimum absolute atomic E-state index is 0. The highest BCUT2D eigenvalue weighted by Gasteiger charge is 2.60. The Hall–Kier alpha value is -2.79. The Balaban J connectivity index is 0.000000922. The Labute approximate surface area is 225 Å². The molecule has 0 spiro atoms. The van der Waals surface area contributed by atoms with Gasteiger partial charge < -0.3 is 25.5 Å². The predicted octanol–water partition coefficient (Wildman–Crippen LogP) is 4.44. The summed E-state index contributed by atoms with van der Waals surface area (Å²) < 4.78 is 50.7. The van der Waals surface area contributed by atoms with Gasteiger partial charge in [0.15, 0.2) is 23.5 Å². The normalized spacial score (nSPS) is 29.9. The van der Waals surface area contributed by atoms with E-state index in [1.165, 1.54) is 13.3 Å². The molecule has 0 saturated carbocycles. The highest BCUT2D eigenvalue weighted by molar-refractivity contribution is 6.00. The van der Waals surface area contributed by atoms with Crippen LogP contribution in [-0.4, -0.2) is 71.0 Å². The number of dihydropyridines is 1. The maximum Gasteiger partial charge on any atom is 0.179 e. The van der Waals surface area contributed by atoms with Gasteiger partial charge in [0.1, 0.15) is 31.2 Å². The monoisotopic (exact) mass is 545 g/mol. The molecule has 38 heavy (non-hydrogen) atoms. The molecule has 2 saturated heterocycles. The van der Waals surface area contributed by atoms with E-state index in [9.17, 15) is 23.1 Å². The zero-order chi connectivity index (χ0) is 28.3. The average molecular weight is 546 g/mol.